The van der Waals surface area contributed by atoms with Gasteiger partial charge in [-0.3, -0.25) is 0 Å². The molecule has 0 saturated carbocycles. The number of halogens is 1. The van der Waals surface area contributed by atoms with Gasteiger partial charge in [0.05, 0.1) is 11.6 Å². The molecule has 0 amide bonds. The summed E-state index contributed by atoms with van der Waals surface area (Å²) in [4.78, 5) is 0. The molecule has 0 aliphatic carbocycles. The van der Waals surface area contributed by atoms with Crippen molar-refractivity contribution in [3.05, 3.63) is 58.6 Å². The van der Waals surface area contributed by atoms with Gasteiger partial charge in [-0.15, -0.1) is 0 Å². The Morgan fingerprint density at radius 1 is 1.26 bits per heavy atom. The van der Waals surface area contributed by atoms with Crippen LogP contribution in [0, 0.1) is 0 Å². The molecule has 5 heteroatoms. The molecule has 0 aromatic heterocycles. The van der Waals surface area contributed by atoms with Gasteiger partial charge in [-0.25, -0.2) is 0 Å². The van der Waals surface area contributed by atoms with Crippen molar-refractivity contribution in [2.75, 3.05) is 0 Å². The molecule has 0 atom stereocenters. The molecule has 0 saturated heterocycles. The molecule has 1 heterocycles. The predicted molar refractivity (Wildman–Crippen MR) is 74.6 cm³/mol. The van der Waals surface area contributed by atoms with E-state index in [1.807, 2.05) is 30.3 Å². The van der Waals surface area contributed by atoms with Gasteiger partial charge in [0.15, 0.2) is 0 Å². The minimum atomic E-state index is -0.883. The third kappa shape index (κ3) is 2.61. The van der Waals surface area contributed by atoms with E-state index in [0.29, 0.717) is 24.0 Å². The summed E-state index contributed by atoms with van der Waals surface area (Å²) in [7, 11) is -0.883. The summed E-state index contributed by atoms with van der Waals surface area (Å²) in [5, 5.41) is 10.2. The van der Waals surface area contributed by atoms with Crippen molar-refractivity contribution in [1.29, 1.82) is 0 Å². The molecular formula is C14H12BClO3. The highest BCUT2D eigenvalue weighted by Gasteiger charge is 2.28. The maximum Gasteiger partial charge on any atom is 0.491 e. The molecule has 1 aliphatic rings. The largest absolute Gasteiger partial charge is 0.491 e. The fraction of sp³-hybridized carbons (Fsp3) is 0.143. The lowest BCUT2D eigenvalue weighted by molar-refractivity contribution is 0.275. The average molecular weight is 275 g/mol. The van der Waals surface area contributed by atoms with Crippen molar-refractivity contribution < 1.29 is 14.4 Å². The van der Waals surface area contributed by atoms with Crippen LogP contribution in [-0.2, 0) is 17.9 Å². The maximum atomic E-state index is 9.66. The Labute approximate surface area is 116 Å². The molecule has 3 rings (SSSR count). The van der Waals surface area contributed by atoms with Gasteiger partial charge >= 0.3 is 7.12 Å². The molecule has 2 aromatic carbocycles. The maximum absolute atomic E-state index is 9.66. The van der Waals surface area contributed by atoms with Gasteiger partial charge in [0, 0.05) is 0 Å². The van der Waals surface area contributed by atoms with Gasteiger partial charge in [-0.2, -0.15) is 0 Å². The lowest BCUT2D eigenvalue weighted by Gasteiger charge is -2.10. The summed E-state index contributed by atoms with van der Waals surface area (Å²) >= 11 is 6.16. The molecule has 1 aliphatic heterocycles. The van der Waals surface area contributed by atoms with Gasteiger partial charge in [-0.05, 0) is 28.7 Å². The summed E-state index contributed by atoms with van der Waals surface area (Å²) in [5.74, 6) is 0.564. The predicted octanol–water partition coefficient (Wildman–Crippen LogP) is 2.14. The lowest BCUT2D eigenvalue weighted by atomic mass is 9.79. The monoisotopic (exact) mass is 274 g/mol. The van der Waals surface area contributed by atoms with E-state index in [2.05, 4.69) is 0 Å². The first-order valence-electron chi connectivity index (χ1n) is 6.03. The second kappa shape index (κ2) is 5.25. The molecule has 19 heavy (non-hydrogen) atoms. The summed E-state index contributed by atoms with van der Waals surface area (Å²) in [6, 6.07) is 13.4. The highest BCUT2D eigenvalue weighted by atomic mass is 35.5. The van der Waals surface area contributed by atoms with Crippen LogP contribution < -0.4 is 10.2 Å². The molecule has 0 radical (unpaired) electrons. The first-order valence-corrected chi connectivity index (χ1v) is 6.40. The summed E-state index contributed by atoms with van der Waals surface area (Å²) in [5.41, 5.74) is 2.70. The van der Waals surface area contributed by atoms with Crippen molar-refractivity contribution in [2.24, 2.45) is 0 Å². The van der Waals surface area contributed by atoms with Gasteiger partial charge < -0.3 is 14.4 Å². The summed E-state index contributed by atoms with van der Waals surface area (Å²) < 4.78 is 10.8. The first kappa shape index (κ1) is 12.5. The van der Waals surface area contributed by atoms with Crippen LogP contribution in [-0.4, -0.2) is 12.1 Å². The van der Waals surface area contributed by atoms with Crippen LogP contribution in [0.15, 0.2) is 42.5 Å². The zero-order valence-electron chi connectivity index (χ0n) is 10.2. The smallest absolute Gasteiger partial charge is 0.487 e. The Hall–Kier alpha value is -1.49. The quantitative estimate of drug-likeness (QED) is 0.872. The standard InChI is InChI=1S/C14H12BClO3/c16-13-6-11-9-19-15(17)12(11)7-14(13)18-8-10-4-2-1-3-5-10/h1-7,17H,8-9H2. The van der Waals surface area contributed by atoms with E-state index in [0.717, 1.165) is 16.6 Å². The fourth-order valence-electron chi connectivity index (χ4n) is 2.07. The number of rotatable bonds is 3. The minimum Gasteiger partial charge on any atom is -0.487 e. The topological polar surface area (TPSA) is 38.7 Å². The van der Waals surface area contributed by atoms with E-state index in [-0.39, 0.29) is 0 Å². The zero-order chi connectivity index (χ0) is 13.2. The molecule has 1 N–H and O–H groups in total. The Balaban J connectivity index is 1.80. The minimum absolute atomic E-state index is 0.384. The van der Waals surface area contributed by atoms with Crippen molar-refractivity contribution >= 4 is 24.2 Å². The van der Waals surface area contributed by atoms with Crippen LogP contribution in [0.3, 0.4) is 0 Å². The van der Waals surface area contributed by atoms with Crippen LogP contribution in [0.25, 0.3) is 0 Å². The van der Waals surface area contributed by atoms with Crippen molar-refractivity contribution in [2.45, 2.75) is 13.2 Å². The number of benzene rings is 2. The Morgan fingerprint density at radius 3 is 2.84 bits per heavy atom. The van der Waals surface area contributed by atoms with Gasteiger partial charge in [-0.1, -0.05) is 41.9 Å². The van der Waals surface area contributed by atoms with E-state index < -0.39 is 7.12 Å². The number of hydrogen-bond acceptors (Lipinski definition) is 3. The van der Waals surface area contributed by atoms with Crippen LogP contribution >= 0.6 is 11.6 Å². The van der Waals surface area contributed by atoms with E-state index in [9.17, 15) is 5.02 Å². The number of ether oxygens (including phenoxy) is 1. The molecule has 0 fully saturated rings. The third-order valence-corrected chi connectivity index (χ3v) is 3.39. The molecule has 0 bridgehead atoms. The zero-order valence-corrected chi connectivity index (χ0v) is 10.9. The Bertz CT molecular complexity index is 589. The van der Waals surface area contributed by atoms with E-state index in [1.54, 1.807) is 12.1 Å². The molecule has 0 spiro atoms. The van der Waals surface area contributed by atoms with Gasteiger partial charge in [0.1, 0.15) is 12.4 Å². The SMILES string of the molecule is OB1OCc2cc(Cl)c(OCc3ccccc3)cc21. The van der Waals surface area contributed by atoms with Crippen molar-refractivity contribution in [3.63, 3.8) is 0 Å². The summed E-state index contributed by atoms with van der Waals surface area (Å²) in [6.45, 7) is 0.825. The third-order valence-electron chi connectivity index (χ3n) is 3.09. The Morgan fingerprint density at radius 2 is 2.05 bits per heavy atom. The Kier molecular flexibility index (Phi) is 3.47. The molecule has 3 nitrogen and oxygen atoms in total. The lowest BCUT2D eigenvalue weighted by Crippen LogP contribution is -2.28. The molecule has 2 aromatic rings. The second-order valence-corrected chi connectivity index (χ2v) is 4.83. The average Bonchev–Trinajstić information content (AvgIpc) is 2.78. The normalized spacial score (nSPS) is 13.5. The van der Waals surface area contributed by atoms with Crippen molar-refractivity contribution in [1.82, 2.24) is 0 Å². The van der Waals surface area contributed by atoms with Gasteiger partial charge in [0.2, 0.25) is 0 Å². The number of hydrogen-bond donors (Lipinski definition) is 1. The van der Waals surface area contributed by atoms with E-state index in [4.69, 9.17) is 21.0 Å². The van der Waals surface area contributed by atoms with Gasteiger partial charge in [0.25, 0.3) is 0 Å². The molecule has 96 valence electrons. The second-order valence-electron chi connectivity index (χ2n) is 4.42. The summed E-state index contributed by atoms with van der Waals surface area (Å²) in [6.07, 6.45) is 0. The molecular weight excluding hydrogens is 262 g/mol. The fourth-order valence-corrected chi connectivity index (χ4v) is 2.31. The van der Waals surface area contributed by atoms with Crippen LogP contribution in [0.2, 0.25) is 5.02 Å². The van der Waals surface area contributed by atoms with E-state index in [1.165, 1.54) is 0 Å². The number of fused-ring (bicyclic) bond motifs is 1. The molecule has 0 unspecified atom stereocenters. The van der Waals surface area contributed by atoms with E-state index >= 15 is 0 Å². The van der Waals surface area contributed by atoms with Crippen molar-refractivity contribution in [3.8, 4) is 5.75 Å². The van der Waals surface area contributed by atoms with Crippen LogP contribution in [0.5, 0.6) is 5.75 Å². The van der Waals surface area contributed by atoms with Crippen LogP contribution in [0.4, 0.5) is 0 Å². The van der Waals surface area contributed by atoms with Crippen LogP contribution in [0.1, 0.15) is 11.1 Å². The highest BCUT2D eigenvalue weighted by molar-refractivity contribution is 6.61. The first-order chi connectivity index (χ1) is 9.24. The highest BCUT2D eigenvalue weighted by Crippen LogP contribution is 2.27.